The number of carbonyl (C=O) groups excluding carboxylic acids is 1. The summed E-state index contributed by atoms with van der Waals surface area (Å²) in [7, 11) is -3.24. The van der Waals surface area contributed by atoms with Crippen molar-refractivity contribution in [3.05, 3.63) is 71.4 Å². The van der Waals surface area contributed by atoms with Crippen LogP contribution in [0.2, 0.25) is 0 Å². The minimum Gasteiger partial charge on any atom is -0.321 e. The van der Waals surface area contributed by atoms with Crippen molar-refractivity contribution in [2.45, 2.75) is 4.90 Å². The molecule has 0 spiro atoms. The average molecular weight is 375 g/mol. The normalized spacial score (nSPS) is 11.3. The van der Waals surface area contributed by atoms with Gasteiger partial charge in [0.1, 0.15) is 5.82 Å². The maximum atomic E-state index is 13.2. The van der Waals surface area contributed by atoms with Crippen molar-refractivity contribution < 1.29 is 17.6 Å². The van der Waals surface area contributed by atoms with Crippen LogP contribution in [-0.4, -0.2) is 20.6 Å². The number of anilines is 1. The second kappa shape index (κ2) is 6.78. The number of carbonyl (C=O) groups is 1. The highest BCUT2D eigenvalue weighted by molar-refractivity contribution is 7.90. The summed E-state index contributed by atoms with van der Waals surface area (Å²) in [5.41, 5.74) is 1.21. The summed E-state index contributed by atoms with van der Waals surface area (Å²) >= 11 is 1.28. The van der Waals surface area contributed by atoms with Crippen LogP contribution in [0.15, 0.2) is 65.6 Å². The van der Waals surface area contributed by atoms with E-state index in [2.05, 4.69) is 5.32 Å². The van der Waals surface area contributed by atoms with Gasteiger partial charge in [-0.15, -0.1) is 11.3 Å². The van der Waals surface area contributed by atoms with Gasteiger partial charge in [-0.05, 0) is 48.0 Å². The number of nitrogens with one attached hydrogen (secondary N) is 1. The predicted molar refractivity (Wildman–Crippen MR) is 97.2 cm³/mol. The molecule has 1 N–H and O–H groups in total. The second-order valence-electron chi connectivity index (χ2n) is 5.42. The molecule has 128 valence electrons. The zero-order valence-corrected chi connectivity index (χ0v) is 14.8. The van der Waals surface area contributed by atoms with Gasteiger partial charge < -0.3 is 5.32 Å². The van der Waals surface area contributed by atoms with E-state index in [1.54, 1.807) is 30.3 Å². The summed E-state index contributed by atoms with van der Waals surface area (Å²) in [5, 5.41) is 2.65. The fourth-order valence-corrected chi connectivity index (χ4v) is 3.78. The van der Waals surface area contributed by atoms with Crippen LogP contribution >= 0.6 is 11.3 Å². The molecule has 0 aliphatic heterocycles. The lowest BCUT2D eigenvalue weighted by Crippen LogP contribution is -2.09. The van der Waals surface area contributed by atoms with Crippen molar-refractivity contribution in [3.63, 3.8) is 0 Å². The van der Waals surface area contributed by atoms with E-state index in [1.807, 2.05) is 0 Å². The van der Waals surface area contributed by atoms with E-state index in [1.165, 1.54) is 41.7 Å². The Labute approximate surface area is 148 Å². The van der Waals surface area contributed by atoms with Gasteiger partial charge >= 0.3 is 0 Å². The maximum Gasteiger partial charge on any atom is 0.265 e. The summed E-state index contributed by atoms with van der Waals surface area (Å²) in [6.07, 6.45) is 1.15. The van der Waals surface area contributed by atoms with Crippen LogP contribution in [0.3, 0.4) is 0 Å². The third-order valence-corrected chi connectivity index (χ3v) is 5.74. The number of thiophene rings is 1. The fourth-order valence-electron chi connectivity index (χ4n) is 2.24. The molecule has 25 heavy (non-hydrogen) atoms. The van der Waals surface area contributed by atoms with Crippen molar-refractivity contribution in [2.75, 3.05) is 11.6 Å². The number of hydrogen-bond acceptors (Lipinski definition) is 4. The molecule has 0 aliphatic rings. The summed E-state index contributed by atoms with van der Waals surface area (Å²) < 4.78 is 36.2. The number of rotatable bonds is 4. The van der Waals surface area contributed by atoms with Crippen LogP contribution in [-0.2, 0) is 9.84 Å². The van der Waals surface area contributed by atoms with E-state index in [9.17, 15) is 17.6 Å². The number of sulfone groups is 1. The predicted octanol–water partition coefficient (Wildman–Crippen LogP) is 4.21. The highest BCUT2D eigenvalue weighted by atomic mass is 32.2. The Kier molecular flexibility index (Phi) is 4.69. The van der Waals surface area contributed by atoms with Crippen LogP contribution in [0.4, 0.5) is 10.1 Å². The first-order valence-corrected chi connectivity index (χ1v) is 10.0. The van der Waals surface area contributed by atoms with Crippen LogP contribution in [0.5, 0.6) is 0 Å². The molecule has 3 rings (SSSR count). The van der Waals surface area contributed by atoms with E-state index in [0.717, 1.165) is 16.7 Å². The third kappa shape index (κ3) is 4.12. The Morgan fingerprint density at radius 3 is 2.40 bits per heavy atom. The maximum absolute atomic E-state index is 13.2. The Bertz CT molecular complexity index is 1020. The highest BCUT2D eigenvalue weighted by Crippen LogP contribution is 2.29. The average Bonchev–Trinajstić information content (AvgIpc) is 3.04. The first-order chi connectivity index (χ1) is 11.8. The molecule has 0 saturated carbocycles. The quantitative estimate of drug-likeness (QED) is 0.743. The lowest BCUT2D eigenvalue weighted by molar-refractivity contribution is 0.103. The van der Waals surface area contributed by atoms with Gasteiger partial charge in [0.25, 0.3) is 5.91 Å². The molecule has 0 fully saturated rings. The van der Waals surface area contributed by atoms with E-state index in [-0.39, 0.29) is 10.8 Å². The largest absolute Gasteiger partial charge is 0.321 e. The molecule has 1 aromatic heterocycles. The van der Waals surface area contributed by atoms with Crippen molar-refractivity contribution in [2.24, 2.45) is 0 Å². The monoisotopic (exact) mass is 375 g/mol. The Hall–Kier alpha value is -2.51. The molecule has 4 nitrogen and oxygen atoms in total. The van der Waals surface area contributed by atoms with Crippen molar-refractivity contribution >= 4 is 32.8 Å². The Balaban J connectivity index is 1.79. The Morgan fingerprint density at radius 1 is 1.04 bits per heavy atom. The van der Waals surface area contributed by atoms with E-state index in [4.69, 9.17) is 0 Å². The molecule has 0 unspecified atom stereocenters. The molecular weight excluding hydrogens is 361 g/mol. The van der Waals surface area contributed by atoms with E-state index < -0.39 is 15.7 Å². The summed E-state index contributed by atoms with van der Waals surface area (Å²) in [4.78, 5) is 13.8. The molecule has 1 amide bonds. The summed E-state index contributed by atoms with van der Waals surface area (Å²) in [6, 6.07) is 15.6. The van der Waals surface area contributed by atoms with E-state index >= 15 is 0 Å². The van der Waals surface area contributed by atoms with Crippen LogP contribution < -0.4 is 5.32 Å². The van der Waals surface area contributed by atoms with Crippen molar-refractivity contribution in [1.82, 2.24) is 0 Å². The SMILES string of the molecule is CS(=O)(=O)c1ccc(-c2ccc(C(=O)Nc3cccc(F)c3)s2)cc1. The first-order valence-electron chi connectivity index (χ1n) is 7.30. The lowest BCUT2D eigenvalue weighted by atomic mass is 10.2. The van der Waals surface area contributed by atoms with Crippen molar-refractivity contribution in [3.8, 4) is 10.4 Å². The van der Waals surface area contributed by atoms with Crippen LogP contribution in [0.1, 0.15) is 9.67 Å². The highest BCUT2D eigenvalue weighted by Gasteiger charge is 2.12. The molecule has 0 bridgehead atoms. The van der Waals surface area contributed by atoms with E-state index in [0.29, 0.717) is 10.6 Å². The molecule has 3 aromatic rings. The second-order valence-corrected chi connectivity index (χ2v) is 8.52. The number of amides is 1. The summed E-state index contributed by atoms with van der Waals surface area (Å²) in [5.74, 6) is -0.745. The molecule has 0 saturated heterocycles. The molecule has 0 atom stereocenters. The minimum absolute atomic E-state index is 0.247. The van der Waals surface area contributed by atoms with Gasteiger partial charge in [0.05, 0.1) is 9.77 Å². The van der Waals surface area contributed by atoms with Crippen LogP contribution in [0, 0.1) is 5.82 Å². The number of benzene rings is 2. The van der Waals surface area contributed by atoms with Gasteiger partial charge in [-0.3, -0.25) is 4.79 Å². The topological polar surface area (TPSA) is 63.2 Å². The smallest absolute Gasteiger partial charge is 0.265 e. The molecule has 0 aliphatic carbocycles. The minimum atomic E-state index is -3.24. The van der Waals surface area contributed by atoms with Crippen molar-refractivity contribution in [1.29, 1.82) is 0 Å². The molecular formula is C18H14FNO3S2. The molecule has 2 aromatic carbocycles. The van der Waals surface area contributed by atoms with Gasteiger partial charge in [-0.1, -0.05) is 18.2 Å². The van der Waals surface area contributed by atoms with Gasteiger partial charge in [-0.25, -0.2) is 12.8 Å². The third-order valence-electron chi connectivity index (χ3n) is 3.48. The zero-order valence-electron chi connectivity index (χ0n) is 13.2. The van der Waals surface area contributed by atoms with Crippen LogP contribution in [0.25, 0.3) is 10.4 Å². The molecule has 1 heterocycles. The van der Waals surface area contributed by atoms with Gasteiger partial charge in [-0.2, -0.15) is 0 Å². The number of halogens is 1. The zero-order chi connectivity index (χ0) is 18.0. The van der Waals surface area contributed by atoms with Gasteiger partial charge in [0, 0.05) is 16.8 Å². The Morgan fingerprint density at radius 2 is 1.76 bits per heavy atom. The fraction of sp³-hybridized carbons (Fsp3) is 0.0556. The standard InChI is InChI=1S/C18H14FNO3S2/c1-25(22,23)15-7-5-12(6-8-15)16-9-10-17(24-16)18(21)20-14-4-2-3-13(19)11-14/h2-11H,1H3,(H,20,21). The molecule has 0 radical (unpaired) electrons. The first kappa shape index (κ1) is 17.3. The van der Waals surface area contributed by atoms with Gasteiger partial charge in [0.15, 0.2) is 9.84 Å². The van der Waals surface area contributed by atoms with Gasteiger partial charge in [0.2, 0.25) is 0 Å². The lowest BCUT2D eigenvalue weighted by Gasteiger charge is -2.03. The summed E-state index contributed by atoms with van der Waals surface area (Å²) in [6.45, 7) is 0. The molecule has 7 heteroatoms. The number of hydrogen-bond donors (Lipinski definition) is 1.